The van der Waals surface area contributed by atoms with E-state index in [1.54, 1.807) is 18.2 Å². The molecular formula is C24H23ClN4O6S. The molecule has 1 aliphatic heterocycles. The molecule has 0 bridgehead atoms. The van der Waals surface area contributed by atoms with E-state index >= 15 is 0 Å². The number of halogens is 1. The zero-order valence-electron chi connectivity index (χ0n) is 18.8. The predicted molar refractivity (Wildman–Crippen MR) is 133 cm³/mol. The number of sulfonamides is 1. The van der Waals surface area contributed by atoms with Crippen molar-refractivity contribution in [3.05, 3.63) is 59.6 Å². The summed E-state index contributed by atoms with van der Waals surface area (Å²) < 4.78 is 34.2. The van der Waals surface area contributed by atoms with Gasteiger partial charge in [-0.25, -0.2) is 18.5 Å². The van der Waals surface area contributed by atoms with Crippen LogP contribution in [-0.4, -0.2) is 65.1 Å². The molecule has 0 amide bonds. The molecule has 2 aromatic carbocycles. The highest BCUT2D eigenvalue weighted by atomic mass is 35.5. The highest BCUT2D eigenvalue weighted by molar-refractivity contribution is 7.89. The zero-order chi connectivity index (χ0) is 25.4. The van der Waals surface area contributed by atoms with Crippen LogP contribution in [0.3, 0.4) is 0 Å². The van der Waals surface area contributed by atoms with E-state index in [1.165, 1.54) is 12.1 Å². The van der Waals surface area contributed by atoms with Gasteiger partial charge in [-0.2, -0.15) is 4.98 Å². The number of rotatable bonds is 6. The molecule has 0 spiro atoms. The Morgan fingerprint density at radius 3 is 2.33 bits per heavy atom. The standard InChI is InChI=1S/C24H23ClN4O6S/c25-18-10-19-23(29-24(27-19)35-16-9-20(31)21(11-30)34-12-16)28-22(18)15-3-1-13(2-4-15)14-5-7-17(8-6-14)36(26,32)33/h1-8,10,16,20-21,30-31H,9,11-12H2,(H2,26,32,33)(H,27,28,29). The Bertz CT molecular complexity index is 1490. The quantitative estimate of drug-likeness (QED) is 0.295. The molecular weight excluding hydrogens is 508 g/mol. The number of nitrogens with two attached hydrogens (primary N) is 1. The molecule has 4 aromatic rings. The predicted octanol–water partition coefficient (Wildman–Crippen LogP) is 2.48. The second-order valence-corrected chi connectivity index (χ2v) is 10.4. The first-order valence-corrected chi connectivity index (χ1v) is 13.0. The number of primary sulfonamides is 1. The number of ether oxygens (including phenoxy) is 2. The summed E-state index contributed by atoms with van der Waals surface area (Å²) in [6.45, 7) is -0.0362. The van der Waals surface area contributed by atoms with Gasteiger partial charge in [-0.15, -0.1) is 0 Å². The Balaban J connectivity index is 1.35. The van der Waals surface area contributed by atoms with Crippen molar-refractivity contribution in [3.8, 4) is 28.4 Å². The van der Waals surface area contributed by atoms with Crippen LogP contribution in [0.1, 0.15) is 6.42 Å². The molecule has 1 fully saturated rings. The number of hydrogen-bond acceptors (Lipinski definition) is 8. The van der Waals surface area contributed by atoms with Crippen molar-refractivity contribution in [3.63, 3.8) is 0 Å². The largest absolute Gasteiger partial charge is 0.459 e. The van der Waals surface area contributed by atoms with E-state index in [4.69, 9.17) is 26.2 Å². The highest BCUT2D eigenvalue weighted by Gasteiger charge is 2.31. The maximum Gasteiger partial charge on any atom is 0.296 e. The number of hydrogen-bond donors (Lipinski definition) is 4. The summed E-state index contributed by atoms with van der Waals surface area (Å²) in [5.41, 5.74) is 4.04. The fraction of sp³-hybridized carbons (Fsp3) is 0.250. The van der Waals surface area contributed by atoms with E-state index in [0.717, 1.165) is 16.7 Å². The Hall–Kier alpha value is -3.06. The van der Waals surface area contributed by atoms with E-state index in [-0.39, 0.29) is 24.1 Å². The topological polar surface area (TPSA) is 161 Å². The summed E-state index contributed by atoms with van der Waals surface area (Å²) in [5.74, 6) is 0. The number of aliphatic hydroxyl groups is 2. The van der Waals surface area contributed by atoms with Gasteiger partial charge in [-0.1, -0.05) is 48.0 Å². The summed E-state index contributed by atoms with van der Waals surface area (Å²) >= 11 is 6.51. The number of H-pyrrole nitrogens is 1. The lowest BCUT2D eigenvalue weighted by Crippen LogP contribution is -2.45. The van der Waals surface area contributed by atoms with Gasteiger partial charge in [-0.05, 0) is 29.3 Å². The van der Waals surface area contributed by atoms with Gasteiger partial charge in [0.2, 0.25) is 10.0 Å². The number of fused-ring (bicyclic) bond motifs is 1. The molecule has 0 saturated carbocycles. The molecule has 12 heteroatoms. The SMILES string of the molecule is NS(=O)(=O)c1ccc(-c2ccc(-c3nc4nc(OC5COC(CO)C(O)C5)[nH]c4cc3Cl)cc2)cc1. The van der Waals surface area contributed by atoms with Crippen LogP contribution in [0.5, 0.6) is 6.01 Å². The van der Waals surface area contributed by atoms with Crippen LogP contribution in [0.15, 0.2) is 59.5 Å². The van der Waals surface area contributed by atoms with Crippen molar-refractivity contribution >= 4 is 32.8 Å². The summed E-state index contributed by atoms with van der Waals surface area (Å²) in [6.07, 6.45) is -1.56. The van der Waals surface area contributed by atoms with Crippen molar-refractivity contribution in [2.75, 3.05) is 13.2 Å². The molecule has 1 aliphatic rings. The van der Waals surface area contributed by atoms with E-state index in [9.17, 15) is 18.6 Å². The third-order valence-electron chi connectivity index (χ3n) is 5.97. The van der Waals surface area contributed by atoms with Gasteiger partial charge in [0.1, 0.15) is 12.2 Å². The van der Waals surface area contributed by atoms with Crippen LogP contribution in [-0.2, 0) is 14.8 Å². The molecule has 5 N–H and O–H groups in total. The van der Waals surface area contributed by atoms with Gasteiger partial charge in [0, 0.05) is 12.0 Å². The lowest BCUT2D eigenvalue weighted by Gasteiger charge is -2.31. The van der Waals surface area contributed by atoms with Crippen LogP contribution in [0, 0.1) is 0 Å². The molecule has 3 heterocycles. The Morgan fingerprint density at radius 2 is 1.72 bits per heavy atom. The first-order chi connectivity index (χ1) is 17.2. The number of aromatic nitrogens is 3. The minimum atomic E-state index is -3.75. The van der Waals surface area contributed by atoms with Crippen LogP contribution in [0.4, 0.5) is 0 Å². The average molecular weight is 531 g/mol. The van der Waals surface area contributed by atoms with E-state index in [2.05, 4.69) is 15.0 Å². The molecule has 3 atom stereocenters. The average Bonchev–Trinajstić information content (AvgIpc) is 3.24. The number of aliphatic hydroxyl groups excluding tert-OH is 2. The van der Waals surface area contributed by atoms with Crippen LogP contribution in [0.2, 0.25) is 5.02 Å². The fourth-order valence-corrected chi connectivity index (χ4v) is 4.83. The second kappa shape index (κ2) is 9.77. The summed E-state index contributed by atoms with van der Waals surface area (Å²) in [7, 11) is -3.75. The van der Waals surface area contributed by atoms with Crippen molar-refractivity contribution in [2.45, 2.75) is 29.6 Å². The molecule has 1 saturated heterocycles. The van der Waals surface area contributed by atoms with Gasteiger partial charge in [0.05, 0.1) is 40.4 Å². The molecule has 0 aliphatic carbocycles. The first-order valence-electron chi connectivity index (χ1n) is 11.1. The minimum absolute atomic E-state index is 0.0519. The highest BCUT2D eigenvalue weighted by Crippen LogP contribution is 2.31. The van der Waals surface area contributed by atoms with Gasteiger partial charge in [-0.3, -0.25) is 0 Å². The third-order valence-corrected chi connectivity index (χ3v) is 7.18. The lowest BCUT2D eigenvalue weighted by atomic mass is 10.0. The smallest absolute Gasteiger partial charge is 0.296 e. The van der Waals surface area contributed by atoms with Crippen molar-refractivity contribution in [1.82, 2.24) is 15.0 Å². The van der Waals surface area contributed by atoms with Gasteiger partial charge >= 0.3 is 0 Å². The first kappa shape index (κ1) is 24.6. The number of nitrogens with zero attached hydrogens (tertiary/aromatic N) is 2. The van der Waals surface area contributed by atoms with Gasteiger partial charge in [0.25, 0.3) is 6.01 Å². The van der Waals surface area contributed by atoms with Gasteiger partial charge in [0.15, 0.2) is 5.65 Å². The fourth-order valence-electron chi connectivity index (χ4n) is 4.06. The number of nitrogens with one attached hydrogen (secondary N) is 1. The zero-order valence-corrected chi connectivity index (χ0v) is 20.4. The molecule has 188 valence electrons. The minimum Gasteiger partial charge on any atom is -0.459 e. The molecule has 5 rings (SSSR count). The third kappa shape index (κ3) is 5.07. The van der Waals surface area contributed by atoms with Crippen LogP contribution >= 0.6 is 11.6 Å². The maximum atomic E-state index is 11.5. The monoisotopic (exact) mass is 530 g/mol. The Labute approximate surface area is 211 Å². The van der Waals surface area contributed by atoms with E-state index < -0.39 is 28.3 Å². The number of benzene rings is 2. The van der Waals surface area contributed by atoms with Crippen molar-refractivity contribution in [2.24, 2.45) is 5.14 Å². The summed E-state index contributed by atoms with van der Waals surface area (Å²) in [4.78, 5) is 12.1. The summed E-state index contributed by atoms with van der Waals surface area (Å²) in [5, 5.41) is 24.8. The van der Waals surface area contributed by atoms with Crippen LogP contribution in [0.25, 0.3) is 33.5 Å². The number of aromatic amines is 1. The normalized spacial score (nSPS) is 20.5. The molecule has 3 unspecified atom stereocenters. The summed E-state index contributed by atoms with van der Waals surface area (Å²) in [6, 6.07) is 15.8. The molecule has 0 radical (unpaired) electrons. The number of imidazole rings is 1. The molecule has 36 heavy (non-hydrogen) atoms. The molecule has 10 nitrogen and oxygen atoms in total. The molecule has 2 aromatic heterocycles. The Morgan fingerprint density at radius 1 is 1.08 bits per heavy atom. The van der Waals surface area contributed by atoms with E-state index in [0.29, 0.717) is 28.3 Å². The second-order valence-electron chi connectivity index (χ2n) is 8.48. The van der Waals surface area contributed by atoms with E-state index in [1.807, 2.05) is 24.3 Å². The van der Waals surface area contributed by atoms with Crippen LogP contribution < -0.4 is 9.88 Å². The lowest BCUT2D eigenvalue weighted by molar-refractivity contribution is -0.131. The van der Waals surface area contributed by atoms with Gasteiger partial charge < -0.3 is 24.7 Å². The van der Waals surface area contributed by atoms with Crippen molar-refractivity contribution < 1.29 is 28.1 Å². The number of pyridine rings is 1. The van der Waals surface area contributed by atoms with Crippen molar-refractivity contribution in [1.29, 1.82) is 0 Å². The maximum absolute atomic E-state index is 11.5. The Kier molecular flexibility index (Phi) is 6.68.